The van der Waals surface area contributed by atoms with Crippen LogP contribution < -0.4 is 0 Å². The first-order valence-electron chi connectivity index (χ1n) is 9.13. The summed E-state index contributed by atoms with van der Waals surface area (Å²) in [5.74, 6) is -2.71. The van der Waals surface area contributed by atoms with Gasteiger partial charge >= 0.3 is 12.1 Å². The molecule has 1 amide bonds. The van der Waals surface area contributed by atoms with Gasteiger partial charge in [-0.05, 0) is 11.4 Å². The molecule has 1 N–H and O–H groups in total. The largest absolute Gasteiger partial charge is 0.490 e. The molecule has 164 valence electrons. The molecule has 0 saturated carbocycles. The highest BCUT2D eigenvalue weighted by Gasteiger charge is 2.38. The number of carbonyl (C=O) groups is 2. The van der Waals surface area contributed by atoms with Gasteiger partial charge in [0.1, 0.15) is 0 Å². The van der Waals surface area contributed by atoms with Gasteiger partial charge in [0, 0.05) is 50.2 Å². The number of carbonyl (C=O) groups excluding carboxylic acids is 1. The minimum absolute atomic E-state index is 0.0446. The zero-order valence-electron chi connectivity index (χ0n) is 16.2. The summed E-state index contributed by atoms with van der Waals surface area (Å²) in [7, 11) is 1.93. The molecule has 1 fully saturated rings. The van der Waals surface area contributed by atoms with Gasteiger partial charge in [-0.25, -0.2) is 4.79 Å². The van der Waals surface area contributed by atoms with Crippen LogP contribution in [0.1, 0.15) is 26.6 Å². The lowest BCUT2D eigenvalue weighted by molar-refractivity contribution is -0.192. The Balaban J connectivity index is 0.000000318. The second-order valence-electron chi connectivity index (χ2n) is 6.83. The van der Waals surface area contributed by atoms with E-state index in [2.05, 4.69) is 27.5 Å². The van der Waals surface area contributed by atoms with Crippen LogP contribution in [-0.4, -0.2) is 69.0 Å². The number of hydrogen-bond acceptors (Lipinski definition) is 6. The van der Waals surface area contributed by atoms with E-state index in [0.29, 0.717) is 32.0 Å². The topological polar surface area (TPSA) is 87.9 Å². The number of amides is 1. The Kier molecular flexibility index (Phi) is 6.78. The summed E-state index contributed by atoms with van der Waals surface area (Å²) < 4.78 is 38.9. The standard InChI is InChI=1S/C16H20N4O2S.C2HF3O2/c1-18-14-11-19(9-12-3-2-8-23-12)10-13(14)15(17-18)16(21)20-4-6-22-7-5-20;3-2(4,5)1(6)7/h2-3,8H,4-7,9-11H2,1H3;(H,6,7). The Morgan fingerprint density at radius 1 is 1.27 bits per heavy atom. The first-order valence-corrected chi connectivity index (χ1v) is 10.0. The summed E-state index contributed by atoms with van der Waals surface area (Å²) in [6.07, 6.45) is -5.08. The van der Waals surface area contributed by atoms with Crippen LogP contribution in [0.15, 0.2) is 17.5 Å². The van der Waals surface area contributed by atoms with Gasteiger partial charge in [0.25, 0.3) is 5.91 Å². The number of fused-ring (bicyclic) bond motifs is 1. The molecular weight excluding hydrogens is 425 g/mol. The molecular formula is C18H21F3N4O4S. The van der Waals surface area contributed by atoms with Crippen LogP contribution in [0.2, 0.25) is 0 Å². The van der Waals surface area contributed by atoms with Crippen LogP contribution in [0.4, 0.5) is 13.2 Å². The van der Waals surface area contributed by atoms with E-state index in [1.54, 1.807) is 11.3 Å². The SMILES string of the molecule is Cn1nc(C(=O)N2CCOCC2)c2c1CN(Cc1cccs1)C2.O=C(O)C(F)(F)F. The second-order valence-corrected chi connectivity index (χ2v) is 7.86. The zero-order chi connectivity index (χ0) is 21.9. The molecule has 0 aliphatic carbocycles. The highest BCUT2D eigenvalue weighted by atomic mass is 32.1. The zero-order valence-corrected chi connectivity index (χ0v) is 17.0. The Morgan fingerprint density at radius 3 is 2.50 bits per heavy atom. The molecule has 2 aliphatic rings. The predicted octanol–water partition coefficient (Wildman–Crippen LogP) is 2.10. The van der Waals surface area contributed by atoms with Crippen molar-refractivity contribution in [2.45, 2.75) is 25.8 Å². The van der Waals surface area contributed by atoms with Gasteiger partial charge in [0.2, 0.25) is 0 Å². The van der Waals surface area contributed by atoms with Crippen molar-refractivity contribution in [2.24, 2.45) is 7.05 Å². The highest BCUT2D eigenvalue weighted by molar-refractivity contribution is 7.09. The molecule has 4 rings (SSSR count). The number of alkyl halides is 3. The van der Waals surface area contributed by atoms with Gasteiger partial charge in [0.15, 0.2) is 5.69 Å². The number of aromatic nitrogens is 2. The number of rotatable bonds is 3. The summed E-state index contributed by atoms with van der Waals surface area (Å²) in [5.41, 5.74) is 2.89. The molecule has 0 spiro atoms. The van der Waals surface area contributed by atoms with Gasteiger partial charge in [-0.1, -0.05) is 6.07 Å². The molecule has 2 aromatic heterocycles. The van der Waals surface area contributed by atoms with Gasteiger partial charge in [-0.15, -0.1) is 11.3 Å². The maximum atomic E-state index is 12.8. The van der Waals surface area contributed by atoms with Crippen LogP contribution in [-0.2, 0) is 36.2 Å². The van der Waals surface area contributed by atoms with Crippen LogP contribution in [0.3, 0.4) is 0 Å². The fourth-order valence-electron chi connectivity index (χ4n) is 3.28. The third-order valence-electron chi connectivity index (χ3n) is 4.73. The molecule has 0 bridgehead atoms. The Bertz CT molecular complexity index is 892. The summed E-state index contributed by atoms with van der Waals surface area (Å²) >= 11 is 1.78. The molecule has 0 unspecified atom stereocenters. The van der Waals surface area contributed by atoms with Crippen LogP contribution in [0.25, 0.3) is 0 Å². The van der Waals surface area contributed by atoms with E-state index in [4.69, 9.17) is 14.6 Å². The number of carboxylic acids is 1. The maximum Gasteiger partial charge on any atom is 0.490 e. The number of aryl methyl sites for hydroxylation is 1. The normalized spacial score (nSPS) is 16.7. The Labute approximate surface area is 174 Å². The van der Waals surface area contributed by atoms with E-state index in [1.165, 1.54) is 4.88 Å². The average Bonchev–Trinajstić information content (AvgIpc) is 3.41. The van der Waals surface area contributed by atoms with Crippen molar-refractivity contribution >= 4 is 23.2 Å². The maximum absolute atomic E-state index is 12.8. The van der Waals surface area contributed by atoms with Crippen LogP contribution in [0, 0.1) is 0 Å². The molecule has 1 saturated heterocycles. The number of morpholine rings is 1. The quantitative estimate of drug-likeness (QED) is 0.777. The smallest absolute Gasteiger partial charge is 0.475 e. The number of aliphatic carboxylic acids is 1. The van der Waals surface area contributed by atoms with Crippen molar-refractivity contribution in [1.29, 1.82) is 0 Å². The molecule has 8 nitrogen and oxygen atoms in total. The fraction of sp³-hybridized carbons (Fsp3) is 0.500. The van der Waals surface area contributed by atoms with Crippen molar-refractivity contribution in [2.75, 3.05) is 26.3 Å². The lowest BCUT2D eigenvalue weighted by Gasteiger charge is -2.26. The van der Waals surface area contributed by atoms with Crippen molar-refractivity contribution in [3.05, 3.63) is 39.3 Å². The van der Waals surface area contributed by atoms with Crippen molar-refractivity contribution in [1.82, 2.24) is 19.6 Å². The van der Waals surface area contributed by atoms with Crippen LogP contribution in [0.5, 0.6) is 0 Å². The summed E-state index contributed by atoms with van der Waals surface area (Å²) in [6.45, 7) is 5.12. The first-order chi connectivity index (χ1) is 14.2. The number of ether oxygens (including phenoxy) is 1. The third kappa shape index (κ3) is 5.18. The van der Waals surface area contributed by atoms with E-state index in [0.717, 1.165) is 30.9 Å². The van der Waals surface area contributed by atoms with Gasteiger partial charge in [-0.2, -0.15) is 18.3 Å². The monoisotopic (exact) mass is 446 g/mol. The number of hydrogen-bond donors (Lipinski definition) is 1. The molecule has 30 heavy (non-hydrogen) atoms. The average molecular weight is 446 g/mol. The molecule has 12 heteroatoms. The second kappa shape index (κ2) is 9.14. The van der Waals surface area contributed by atoms with Crippen molar-refractivity contribution < 1.29 is 32.6 Å². The van der Waals surface area contributed by atoms with Crippen LogP contribution >= 0.6 is 11.3 Å². The molecule has 0 radical (unpaired) electrons. The van der Waals surface area contributed by atoms with E-state index in [9.17, 15) is 18.0 Å². The van der Waals surface area contributed by atoms with E-state index < -0.39 is 12.1 Å². The number of thiophene rings is 1. The number of nitrogens with zero attached hydrogens (tertiary/aromatic N) is 4. The highest BCUT2D eigenvalue weighted by Crippen LogP contribution is 2.28. The molecule has 2 aromatic rings. The third-order valence-corrected chi connectivity index (χ3v) is 5.59. The number of halogens is 3. The number of carboxylic acid groups (broad SMARTS) is 1. The van der Waals surface area contributed by atoms with E-state index >= 15 is 0 Å². The summed E-state index contributed by atoms with van der Waals surface area (Å²) in [4.78, 5) is 27.2. The summed E-state index contributed by atoms with van der Waals surface area (Å²) in [6, 6.07) is 4.24. The fourth-order valence-corrected chi connectivity index (χ4v) is 4.03. The van der Waals surface area contributed by atoms with Gasteiger partial charge < -0.3 is 14.7 Å². The lowest BCUT2D eigenvalue weighted by atomic mass is 10.2. The van der Waals surface area contributed by atoms with Crippen molar-refractivity contribution in [3.8, 4) is 0 Å². The molecule has 0 aromatic carbocycles. The summed E-state index contributed by atoms with van der Waals surface area (Å²) in [5, 5.41) is 13.7. The van der Waals surface area contributed by atoms with Gasteiger partial charge in [0.05, 0.1) is 18.9 Å². The minimum Gasteiger partial charge on any atom is -0.475 e. The van der Waals surface area contributed by atoms with Gasteiger partial charge in [-0.3, -0.25) is 14.4 Å². The molecule has 2 aliphatic heterocycles. The predicted molar refractivity (Wildman–Crippen MR) is 101 cm³/mol. The lowest BCUT2D eigenvalue weighted by Crippen LogP contribution is -2.41. The van der Waals surface area contributed by atoms with Crippen molar-refractivity contribution in [3.63, 3.8) is 0 Å². The van der Waals surface area contributed by atoms with E-state index in [-0.39, 0.29) is 5.91 Å². The Hall–Kier alpha value is -2.44. The van der Waals surface area contributed by atoms with E-state index in [1.807, 2.05) is 16.6 Å². The minimum atomic E-state index is -5.08. The Morgan fingerprint density at radius 2 is 1.93 bits per heavy atom. The first kappa shape index (κ1) is 22.2. The molecule has 0 atom stereocenters. The molecule has 4 heterocycles.